The standard InChI is InChI=1S/C19H17Cl2N3O3/c1-12(26-14-9-7-13(20)8-10-14)19(25)24(2)11-17-22-18(23-27-17)15-5-3-4-6-16(15)21/h3-10,12H,11H2,1-2H3/t12-/m1/s1. The lowest BCUT2D eigenvalue weighted by atomic mass is 10.2. The summed E-state index contributed by atoms with van der Waals surface area (Å²) in [5.41, 5.74) is 0.669. The van der Waals surface area contributed by atoms with Crippen molar-refractivity contribution in [3.05, 3.63) is 64.5 Å². The third-order valence-electron chi connectivity index (χ3n) is 3.81. The topological polar surface area (TPSA) is 68.5 Å². The molecule has 0 bridgehead atoms. The number of hydrogen-bond acceptors (Lipinski definition) is 5. The van der Waals surface area contributed by atoms with Gasteiger partial charge < -0.3 is 14.2 Å². The summed E-state index contributed by atoms with van der Waals surface area (Å²) in [4.78, 5) is 18.3. The zero-order valence-electron chi connectivity index (χ0n) is 14.7. The second-order valence-corrected chi connectivity index (χ2v) is 6.74. The van der Waals surface area contributed by atoms with Gasteiger partial charge in [-0.1, -0.05) is 40.5 Å². The van der Waals surface area contributed by atoms with Gasteiger partial charge in [0.15, 0.2) is 6.10 Å². The molecule has 2 aromatic carbocycles. The second kappa shape index (κ2) is 8.41. The molecule has 8 heteroatoms. The van der Waals surface area contributed by atoms with Crippen molar-refractivity contribution in [3.8, 4) is 17.1 Å². The number of likely N-dealkylation sites (N-methyl/N-ethyl adjacent to an activating group) is 1. The monoisotopic (exact) mass is 405 g/mol. The molecule has 0 fully saturated rings. The minimum atomic E-state index is -0.679. The molecule has 0 aliphatic heterocycles. The molecule has 1 aromatic heterocycles. The summed E-state index contributed by atoms with van der Waals surface area (Å²) in [6.45, 7) is 1.83. The molecule has 27 heavy (non-hydrogen) atoms. The van der Waals surface area contributed by atoms with Crippen LogP contribution in [-0.2, 0) is 11.3 Å². The Morgan fingerprint density at radius 3 is 2.59 bits per heavy atom. The highest BCUT2D eigenvalue weighted by molar-refractivity contribution is 6.33. The van der Waals surface area contributed by atoms with E-state index in [0.717, 1.165) is 0 Å². The van der Waals surface area contributed by atoms with E-state index >= 15 is 0 Å². The molecule has 0 saturated heterocycles. The summed E-state index contributed by atoms with van der Waals surface area (Å²) < 4.78 is 10.9. The number of carbonyl (C=O) groups excluding carboxylic acids is 1. The number of aromatic nitrogens is 2. The fourth-order valence-corrected chi connectivity index (χ4v) is 2.78. The summed E-state index contributed by atoms with van der Waals surface area (Å²) in [5.74, 6) is 1.02. The van der Waals surface area contributed by atoms with Crippen LogP contribution in [0.4, 0.5) is 0 Å². The van der Waals surface area contributed by atoms with Crippen molar-refractivity contribution < 1.29 is 14.1 Å². The van der Waals surface area contributed by atoms with Gasteiger partial charge in [0.2, 0.25) is 11.7 Å². The quantitative estimate of drug-likeness (QED) is 0.604. The molecular weight excluding hydrogens is 389 g/mol. The van der Waals surface area contributed by atoms with Crippen LogP contribution in [0.1, 0.15) is 12.8 Å². The fourth-order valence-electron chi connectivity index (χ4n) is 2.43. The third kappa shape index (κ3) is 4.78. The fraction of sp³-hybridized carbons (Fsp3) is 0.211. The summed E-state index contributed by atoms with van der Waals surface area (Å²) in [6.07, 6.45) is -0.679. The molecule has 3 rings (SSSR count). The normalized spacial score (nSPS) is 11.9. The van der Waals surface area contributed by atoms with Crippen molar-refractivity contribution in [1.29, 1.82) is 0 Å². The number of halogens is 2. The van der Waals surface area contributed by atoms with Crippen LogP contribution in [-0.4, -0.2) is 34.1 Å². The Kier molecular flexibility index (Phi) is 5.98. The van der Waals surface area contributed by atoms with E-state index in [1.807, 2.05) is 12.1 Å². The van der Waals surface area contributed by atoms with E-state index in [9.17, 15) is 4.79 Å². The highest BCUT2D eigenvalue weighted by Crippen LogP contribution is 2.25. The van der Waals surface area contributed by atoms with Crippen LogP contribution < -0.4 is 4.74 Å². The van der Waals surface area contributed by atoms with Crippen LogP contribution >= 0.6 is 23.2 Å². The van der Waals surface area contributed by atoms with E-state index in [4.69, 9.17) is 32.5 Å². The second-order valence-electron chi connectivity index (χ2n) is 5.90. The van der Waals surface area contributed by atoms with Gasteiger partial charge in [0.25, 0.3) is 5.91 Å². The molecule has 6 nitrogen and oxygen atoms in total. The van der Waals surface area contributed by atoms with E-state index in [2.05, 4.69) is 10.1 Å². The Labute approximate surface area is 166 Å². The van der Waals surface area contributed by atoms with Crippen molar-refractivity contribution in [3.63, 3.8) is 0 Å². The summed E-state index contributed by atoms with van der Waals surface area (Å²) in [5, 5.41) is 5.06. The lowest BCUT2D eigenvalue weighted by molar-refractivity contribution is -0.137. The first-order chi connectivity index (χ1) is 12.9. The average Bonchev–Trinajstić information content (AvgIpc) is 3.11. The SMILES string of the molecule is C[C@@H](Oc1ccc(Cl)cc1)C(=O)N(C)Cc1nc(-c2ccccc2Cl)no1. The van der Waals surface area contributed by atoms with Crippen LogP contribution in [0.2, 0.25) is 10.0 Å². The Morgan fingerprint density at radius 2 is 1.89 bits per heavy atom. The van der Waals surface area contributed by atoms with E-state index in [1.54, 1.807) is 50.4 Å². The van der Waals surface area contributed by atoms with E-state index in [1.165, 1.54) is 4.90 Å². The van der Waals surface area contributed by atoms with Crippen molar-refractivity contribution in [2.24, 2.45) is 0 Å². The number of benzene rings is 2. The first-order valence-electron chi connectivity index (χ1n) is 8.18. The van der Waals surface area contributed by atoms with Crippen molar-refractivity contribution in [2.75, 3.05) is 7.05 Å². The maximum atomic E-state index is 12.5. The van der Waals surface area contributed by atoms with Crippen molar-refractivity contribution >= 4 is 29.1 Å². The van der Waals surface area contributed by atoms with Crippen LogP contribution in [0.25, 0.3) is 11.4 Å². The zero-order chi connectivity index (χ0) is 19.4. The molecule has 0 unspecified atom stereocenters. The van der Waals surface area contributed by atoms with Gasteiger partial charge in [-0.3, -0.25) is 4.79 Å². The minimum absolute atomic E-state index is 0.157. The zero-order valence-corrected chi connectivity index (χ0v) is 16.2. The third-order valence-corrected chi connectivity index (χ3v) is 4.39. The Hall–Kier alpha value is -2.57. The van der Waals surface area contributed by atoms with Crippen LogP contribution in [0.3, 0.4) is 0 Å². The molecule has 0 spiro atoms. The number of amides is 1. The van der Waals surface area contributed by atoms with Crippen LogP contribution in [0.5, 0.6) is 5.75 Å². The van der Waals surface area contributed by atoms with Gasteiger partial charge in [-0.25, -0.2) is 0 Å². The largest absolute Gasteiger partial charge is 0.481 e. The van der Waals surface area contributed by atoms with Gasteiger partial charge in [0, 0.05) is 17.6 Å². The maximum Gasteiger partial charge on any atom is 0.263 e. The molecule has 1 atom stereocenters. The van der Waals surface area contributed by atoms with Gasteiger partial charge in [-0.15, -0.1) is 0 Å². The van der Waals surface area contributed by atoms with Gasteiger partial charge >= 0.3 is 0 Å². The van der Waals surface area contributed by atoms with Gasteiger partial charge in [-0.2, -0.15) is 4.98 Å². The summed E-state index contributed by atoms with van der Waals surface area (Å²) in [7, 11) is 1.64. The number of ether oxygens (including phenoxy) is 1. The van der Waals surface area contributed by atoms with Crippen LogP contribution in [0.15, 0.2) is 53.1 Å². The maximum absolute atomic E-state index is 12.5. The number of nitrogens with zero attached hydrogens (tertiary/aromatic N) is 3. The van der Waals surface area contributed by atoms with E-state index < -0.39 is 6.10 Å². The smallest absolute Gasteiger partial charge is 0.263 e. The molecule has 0 N–H and O–H groups in total. The molecule has 140 valence electrons. The van der Waals surface area contributed by atoms with Crippen LogP contribution in [0, 0.1) is 0 Å². The Bertz CT molecular complexity index is 928. The Balaban J connectivity index is 1.63. The predicted molar refractivity (Wildman–Crippen MR) is 103 cm³/mol. The average molecular weight is 406 g/mol. The first-order valence-corrected chi connectivity index (χ1v) is 8.94. The van der Waals surface area contributed by atoms with Gasteiger partial charge in [0.1, 0.15) is 5.75 Å². The minimum Gasteiger partial charge on any atom is -0.481 e. The van der Waals surface area contributed by atoms with Gasteiger partial charge in [0.05, 0.1) is 11.6 Å². The molecule has 0 radical (unpaired) electrons. The first kappa shape index (κ1) is 19.2. The van der Waals surface area contributed by atoms with Crippen molar-refractivity contribution in [2.45, 2.75) is 19.6 Å². The number of rotatable bonds is 6. The van der Waals surface area contributed by atoms with E-state index in [0.29, 0.717) is 33.1 Å². The van der Waals surface area contributed by atoms with Crippen molar-refractivity contribution in [1.82, 2.24) is 15.0 Å². The molecule has 1 heterocycles. The number of hydrogen-bond donors (Lipinski definition) is 0. The molecule has 0 aliphatic carbocycles. The predicted octanol–water partition coefficient (Wildman–Crippen LogP) is 4.47. The highest BCUT2D eigenvalue weighted by Gasteiger charge is 2.22. The molecule has 3 aromatic rings. The molecule has 1 amide bonds. The molecular formula is C19H17Cl2N3O3. The highest BCUT2D eigenvalue weighted by atomic mass is 35.5. The lowest BCUT2D eigenvalue weighted by Gasteiger charge is -2.20. The molecule has 0 saturated carbocycles. The Morgan fingerprint density at radius 1 is 1.19 bits per heavy atom. The number of carbonyl (C=O) groups is 1. The van der Waals surface area contributed by atoms with E-state index in [-0.39, 0.29) is 12.5 Å². The molecule has 0 aliphatic rings. The summed E-state index contributed by atoms with van der Waals surface area (Å²) in [6, 6.07) is 14.0. The van der Waals surface area contributed by atoms with Gasteiger partial charge in [-0.05, 0) is 43.3 Å². The lowest BCUT2D eigenvalue weighted by Crippen LogP contribution is -2.37. The summed E-state index contributed by atoms with van der Waals surface area (Å²) >= 11 is 12.0.